The lowest BCUT2D eigenvalue weighted by molar-refractivity contribution is -0.128. The topological polar surface area (TPSA) is 121 Å². The number of morpholine rings is 1. The molecule has 1 unspecified atom stereocenters. The zero-order valence-electron chi connectivity index (χ0n) is 26.0. The Bertz CT molecular complexity index is 1640. The Kier molecular flexibility index (Phi) is 9.23. The van der Waals surface area contributed by atoms with Crippen LogP contribution >= 0.6 is 0 Å². The van der Waals surface area contributed by atoms with E-state index < -0.39 is 5.54 Å². The minimum absolute atomic E-state index is 0.0296. The first kappa shape index (κ1) is 30.5. The average Bonchev–Trinajstić information content (AvgIpc) is 3.48. The van der Waals surface area contributed by atoms with Gasteiger partial charge in [0, 0.05) is 67.4 Å². The van der Waals surface area contributed by atoms with Crippen LogP contribution in [0.15, 0.2) is 61.2 Å². The molecule has 0 aliphatic carbocycles. The molecule has 0 spiro atoms. The minimum atomic E-state index is -0.401. The maximum absolute atomic E-state index is 13.4. The van der Waals surface area contributed by atoms with Crippen LogP contribution in [-0.4, -0.2) is 88.0 Å². The van der Waals surface area contributed by atoms with Crippen molar-refractivity contribution in [1.82, 2.24) is 29.8 Å². The molecule has 1 atom stereocenters. The Balaban J connectivity index is 1.18. The van der Waals surface area contributed by atoms with E-state index in [-0.39, 0.29) is 12.0 Å². The standard InChI is InChI=1S/C34H40N8O3/c1-3-40-15-16-45-29(23-40)18-32(43)39-34(19-27-7-5-6-12-36-27)10-13-41(14-11-34)31-9-8-25(21-37-31)30-17-28(44-4-2)24-42-33(30)26(20-35)22-38-42/h5-9,12,17,21-22,24,29H,3-4,10-11,13-16,18-19,23H2,1-2H3,(H,39,43). The highest BCUT2D eigenvalue weighted by atomic mass is 16.5. The molecule has 1 N–H and O–H groups in total. The summed E-state index contributed by atoms with van der Waals surface area (Å²) in [6.45, 7) is 9.42. The van der Waals surface area contributed by atoms with Crippen molar-refractivity contribution in [2.45, 2.75) is 51.2 Å². The third-order valence-electron chi connectivity index (χ3n) is 8.85. The number of anilines is 1. The Morgan fingerprint density at radius 3 is 2.73 bits per heavy atom. The Morgan fingerprint density at radius 2 is 2.02 bits per heavy atom. The van der Waals surface area contributed by atoms with Gasteiger partial charge < -0.3 is 19.7 Å². The average molecular weight is 609 g/mol. The molecule has 234 valence electrons. The second kappa shape index (κ2) is 13.6. The molecule has 0 saturated carbocycles. The summed E-state index contributed by atoms with van der Waals surface area (Å²) < 4.78 is 13.4. The molecule has 0 aromatic carbocycles. The van der Waals surface area contributed by atoms with Gasteiger partial charge in [-0.2, -0.15) is 10.4 Å². The van der Waals surface area contributed by atoms with Gasteiger partial charge in [0.25, 0.3) is 0 Å². The van der Waals surface area contributed by atoms with Crippen molar-refractivity contribution in [3.63, 3.8) is 0 Å². The van der Waals surface area contributed by atoms with Gasteiger partial charge >= 0.3 is 0 Å². The largest absolute Gasteiger partial charge is 0.492 e. The SMILES string of the molecule is CCOc1cc(-c2ccc(N3CCC(Cc4ccccn4)(NC(=O)CC4CN(CC)CCO4)CC3)nc2)c2c(C#N)cnn2c1. The molecule has 0 radical (unpaired) electrons. The third kappa shape index (κ3) is 6.92. The van der Waals surface area contributed by atoms with E-state index in [1.54, 1.807) is 16.9 Å². The van der Waals surface area contributed by atoms with Crippen LogP contribution in [0.5, 0.6) is 5.75 Å². The summed E-state index contributed by atoms with van der Waals surface area (Å²) in [6, 6.07) is 14.2. The van der Waals surface area contributed by atoms with E-state index in [1.165, 1.54) is 0 Å². The van der Waals surface area contributed by atoms with Gasteiger partial charge in [0.1, 0.15) is 17.6 Å². The number of rotatable bonds is 10. The lowest BCUT2D eigenvalue weighted by atomic mass is 9.82. The molecule has 45 heavy (non-hydrogen) atoms. The van der Waals surface area contributed by atoms with Gasteiger partial charge in [-0.3, -0.25) is 14.7 Å². The summed E-state index contributed by atoms with van der Waals surface area (Å²) >= 11 is 0. The molecule has 2 aliphatic heterocycles. The summed E-state index contributed by atoms with van der Waals surface area (Å²) in [4.78, 5) is 27.4. The smallest absolute Gasteiger partial charge is 0.223 e. The number of likely N-dealkylation sites (N-methyl/N-ethyl adjacent to an activating group) is 1. The lowest BCUT2D eigenvalue weighted by Crippen LogP contribution is -2.57. The number of fused-ring (bicyclic) bond motifs is 1. The van der Waals surface area contributed by atoms with E-state index in [0.717, 1.165) is 73.7 Å². The van der Waals surface area contributed by atoms with Crippen molar-refractivity contribution in [1.29, 1.82) is 5.26 Å². The summed E-state index contributed by atoms with van der Waals surface area (Å²) in [7, 11) is 0. The first-order valence-corrected chi connectivity index (χ1v) is 15.8. The van der Waals surface area contributed by atoms with Gasteiger partial charge in [0.05, 0.1) is 49.2 Å². The second-order valence-electron chi connectivity index (χ2n) is 11.8. The first-order valence-electron chi connectivity index (χ1n) is 15.8. The number of carbonyl (C=O) groups is 1. The van der Waals surface area contributed by atoms with Crippen molar-refractivity contribution in [3.8, 4) is 22.9 Å². The first-order chi connectivity index (χ1) is 22.0. The highest BCUT2D eigenvalue weighted by molar-refractivity contribution is 5.85. The second-order valence-corrected chi connectivity index (χ2v) is 11.8. The van der Waals surface area contributed by atoms with Crippen LogP contribution in [0.3, 0.4) is 0 Å². The van der Waals surface area contributed by atoms with Crippen molar-refractivity contribution in [2.24, 2.45) is 0 Å². The van der Waals surface area contributed by atoms with Gasteiger partial charge in [0.15, 0.2) is 0 Å². The zero-order valence-corrected chi connectivity index (χ0v) is 26.0. The predicted molar refractivity (Wildman–Crippen MR) is 171 cm³/mol. The van der Waals surface area contributed by atoms with Crippen LogP contribution in [0.2, 0.25) is 0 Å². The number of hydrogen-bond donors (Lipinski definition) is 1. The van der Waals surface area contributed by atoms with Crippen LogP contribution in [0.1, 0.15) is 44.4 Å². The maximum atomic E-state index is 13.4. The van der Waals surface area contributed by atoms with Crippen molar-refractivity contribution in [2.75, 3.05) is 50.8 Å². The van der Waals surface area contributed by atoms with E-state index in [0.29, 0.717) is 37.4 Å². The van der Waals surface area contributed by atoms with Crippen LogP contribution in [0, 0.1) is 11.3 Å². The normalized spacial score (nSPS) is 18.4. The van der Waals surface area contributed by atoms with Crippen molar-refractivity contribution in [3.05, 3.63) is 72.4 Å². The molecule has 6 rings (SSSR count). The van der Waals surface area contributed by atoms with E-state index in [1.807, 2.05) is 55.7 Å². The molecule has 11 nitrogen and oxygen atoms in total. The monoisotopic (exact) mass is 608 g/mol. The summed E-state index contributed by atoms with van der Waals surface area (Å²) in [5.74, 6) is 1.58. The molecule has 2 saturated heterocycles. The molecule has 0 bridgehead atoms. The number of carbonyl (C=O) groups excluding carboxylic acids is 1. The quantitative estimate of drug-likeness (QED) is 0.286. The molecule has 2 fully saturated rings. The van der Waals surface area contributed by atoms with Gasteiger partial charge in [-0.05, 0) is 56.6 Å². The fourth-order valence-corrected chi connectivity index (χ4v) is 6.48. The number of aromatic nitrogens is 4. The molecule has 11 heteroatoms. The lowest BCUT2D eigenvalue weighted by Gasteiger charge is -2.43. The van der Waals surface area contributed by atoms with Crippen LogP contribution in [-0.2, 0) is 16.0 Å². The Hall–Kier alpha value is -4.53. The number of nitriles is 1. The van der Waals surface area contributed by atoms with Gasteiger partial charge in [-0.15, -0.1) is 0 Å². The summed E-state index contributed by atoms with van der Waals surface area (Å²) in [6.07, 6.45) is 9.49. The van der Waals surface area contributed by atoms with Crippen LogP contribution in [0.4, 0.5) is 5.82 Å². The number of nitrogens with one attached hydrogen (secondary N) is 1. The van der Waals surface area contributed by atoms with E-state index in [9.17, 15) is 10.1 Å². The number of amides is 1. The highest BCUT2D eigenvalue weighted by Gasteiger charge is 2.37. The van der Waals surface area contributed by atoms with E-state index in [4.69, 9.17) is 14.5 Å². The maximum Gasteiger partial charge on any atom is 0.223 e. The summed E-state index contributed by atoms with van der Waals surface area (Å²) in [5, 5.41) is 17.5. The molecule has 4 aromatic rings. The van der Waals surface area contributed by atoms with E-state index >= 15 is 0 Å². The molecule has 2 aliphatic rings. The number of hydrogen-bond acceptors (Lipinski definition) is 9. The number of piperidine rings is 1. The minimum Gasteiger partial charge on any atom is -0.492 e. The van der Waals surface area contributed by atoms with Crippen LogP contribution < -0.4 is 15.0 Å². The Morgan fingerprint density at radius 1 is 1.16 bits per heavy atom. The number of nitrogens with zero attached hydrogens (tertiary/aromatic N) is 7. The molecule has 1 amide bonds. The predicted octanol–water partition coefficient (Wildman–Crippen LogP) is 3.87. The van der Waals surface area contributed by atoms with Gasteiger partial charge in [0.2, 0.25) is 5.91 Å². The van der Waals surface area contributed by atoms with Crippen molar-refractivity contribution < 1.29 is 14.3 Å². The fourth-order valence-electron chi connectivity index (χ4n) is 6.48. The number of ether oxygens (including phenoxy) is 2. The zero-order chi connectivity index (χ0) is 31.2. The Labute approximate surface area is 263 Å². The van der Waals surface area contributed by atoms with Crippen molar-refractivity contribution >= 4 is 17.2 Å². The van der Waals surface area contributed by atoms with E-state index in [2.05, 4.69) is 38.2 Å². The summed E-state index contributed by atoms with van der Waals surface area (Å²) in [5.41, 5.74) is 3.51. The fraction of sp³-hybridized carbons (Fsp3) is 0.441. The van der Waals surface area contributed by atoms with Crippen LogP contribution in [0.25, 0.3) is 16.6 Å². The third-order valence-corrected chi connectivity index (χ3v) is 8.85. The molecule has 4 aromatic heterocycles. The molecular weight excluding hydrogens is 568 g/mol. The van der Waals surface area contributed by atoms with Gasteiger partial charge in [-0.25, -0.2) is 9.50 Å². The molecular formula is C34H40N8O3. The number of pyridine rings is 3. The van der Waals surface area contributed by atoms with Gasteiger partial charge in [-0.1, -0.05) is 13.0 Å². The highest BCUT2D eigenvalue weighted by Crippen LogP contribution is 2.33. The molecule has 6 heterocycles.